The van der Waals surface area contributed by atoms with E-state index in [1.54, 1.807) is 0 Å². The summed E-state index contributed by atoms with van der Waals surface area (Å²) in [4.78, 5) is 19.0. The molecule has 0 aromatic carbocycles. The van der Waals surface area contributed by atoms with E-state index in [0.29, 0.717) is 13.2 Å². The fourth-order valence-electron chi connectivity index (χ4n) is 3.35. The normalized spacial score (nSPS) is 23.7. The van der Waals surface area contributed by atoms with Crippen molar-refractivity contribution in [2.45, 2.75) is 58.2 Å². The van der Waals surface area contributed by atoms with Crippen LogP contribution in [0.25, 0.3) is 0 Å². The van der Waals surface area contributed by atoms with E-state index in [4.69, 9.17) is 9.47 Å². The molecule has 24 heavy (non-hydrogen) atoms. The number of morpholine rings is 1. The number of ether oxygens (including phenoxy) is 2. The molecule has 5 nitrogen and oxygen atoms in total. The molecule has 5 heteroatoms. The third kappa shape index (κ3) is 3.96. The highest BCUT2D eigenvalue weighted by molar-refractivity contribution is 5.70. The van der Waals surface area contributed by atoms with Crippen LogP contribution in [0, 0.1) is 6.92 Å². The molecule has 1 saturated heterocycles. The fraction of sp³-hybridized carbons (Fsp3) is 0.579. The molecular weight excluding hydrogens is 304 g/mol. The third-order valence-electron chi connectivity index (χ3n) is 4.23. The lowest BCUT2D eigenvalue weighted by molar-refractivity contribution is -0.0536. The van der Waals surface area contributed by atoms with Crippen LogP contribution < -0.4 is 0 Å². The van der Waals surface area contributed by atoms with Crippen LogP contribution in [-0.2, 0) is 15.9 Å². The average Bonchev–Trinajstić information content (AvgIpc) is 2.44. The number of amides is 1. The Bertz CT molecular complexity index is 648. The fourth-order valence-corrected chi connectivity index (χ4v) is 3.35. The standard InChI is InChI=1S/C19H26N2O3/c1-13-6-5-7-15(20-13)8-14-9-16-11-23-12-17(10-14)21(16)18(22)24-19(2,3)4/h5-7,9,16-17H,8,10-12H2,1-4H3. The van der Waals surface area contributed by atoms with Gasteiger partial charge in [0.05, 0.1) is 25.3 Å². The first kappa shape index (κ1) is 17.0. The minimum Gasteiger partial charge on any atom is -0.444 e. The second kappa shape index (κ2) is 6.55. The lowest BCUT2D eigenvalue weighted by Crippen LogP contribution is -2.57. The van der Waals surface area contributed by atoms with Gasteiger partial charge < -0.3 is 9.47 Å². The Kier molecular flexibility index (Phi) is 4.63. The lowest BCUT2D eigenvalue weighted by atomic mass is 9.91. The van der Waals surface area contributed by atoms with Crippen molar-refractivity contribution in [1.29, 1.82) is 0 Å². The van der Waals surface area contributed by atoms with Crippen LogP contribution in [0.5, 0.6) is 0 Å². The van der Waals surface area contributed by atoms with Gasteiger partial charge in [-0.1, -0.05) is 17.7 Å². The zero-order valence-electron chi connectivity index (χ0n) is 14.9. The number of carbonyl (C=O) groups excluding carboxylic acids is 1. The topological polar surface area (TPSA) is 51.7 Å². The zero-order chi connectivity index (χ0) is 17.3. The smallest absolute Gasteiger partial charge is 0.411 e. The molecule has 1 aromatic rings. The number of hydrogen-bond acceptors (Lipinski definition) is 4. The maximum absolute atomic E-state index is 12.5. The molecule has 2 aliphatic rings. The van der Waals surface area contributed by atoms with Gasteiger partial charge in [0.25, 0.3) is 0 Å². The zero-order valence-corrected chi connectivity index (χ0v) is 14.9. The van der Waals surface area contributed by atoms with Crippen molar-refractivity contribution in [3.63, 3.8) is 0 Å². The number of fused-ring (bicyclic) bond motifs is 2. The summed E-state index contributed by atoms with van der Waals surface area (Å²) < 4.78 is 11.2. The van der Waals surface area contributed by atoms with E-state index in [-0.39, 0.29) is 18.2 Å². The van der Waals surface area contributed by atoms with Crippen LogP contribution >= 0.6 is 0 Å². The predicted molar refractivity (Wildman–Crippen MR) is 91.8 cm³/mol. The molecule has 3 rings (SSSR count). The Hall–Kier alpha value is -1.88. The average molecular weight is 330 g/mol. The van der Waals surface area contributed by atoms with Gasteiger partial charge >= 0.3 is 6.09 Å². The minimum atomic E-state index is -0.484. The first-order chi connectivity index (χ1) is 11.3. The molecule has 2 aliphatic heterocycles. The van der Waals surface area contributed by atoms with Crippen molar-refractivity contribution in [3.8, 4) is 0 Å². The molecule has 0 N–H and O–H groups in total. The Morgan fingerprint density at radius 2 is 2.17 bits per heavy atom. The van der Waals surface area contributed by atoms with Gasteiger partial charge in [-0.25, -0.2) is 4.79 Å². The number of carbonyl (C=O) groups is 1. The predicted octanol–water partition coefficient (Wildman–Crippen LogP) is 3.27. The number of nitrogens with zero attached hydrogens (tertiary/aromatic N) is 2. The molecule has 1 fully saturated rings. The maximum atomic E-state index is 12.5. The lowest BCUT2D eigenvalue weighted by Gasteiger charge is -2.44. The van der Waals surface area contributed by atoms with Gasteiger partial charge in [0.15, 0.2) is 0 Å². The van der Waals surface area contributed by atoms with Gasteiger partial charge in [0, 0.05) is 17.8 Å². The molecule has 2 bridgehead atoms. The van der Waals surface area contributed by atoms with Crippen LogP contribution in [0.15, 0.2) is 29.8 Å². The molecule has 0 spiro atoms. The first-order valence-electron chi connectivity index (χ1n) is 8.53. The maximum Gasteiger partial charge on any atom is 0.411 e. The highest BCUT2D eigenvalue weighted by atomic mass is 16.6. The number of pyridine rings is 1. The van der Waals surface area contributed by atoms with Crippen LogP contribution in [-0.4, -0.2) is 46.9 Å². The molecule has 0 radical (unpaired) electrons. The minimum absolute atomic E-state index is 0.0448. The highest BCUT2D eigenvalue weighted by Gasteiger charge is 2.39. The Morgan fingerprint density at radius 1 is 1.38 bits per heavy atom. The molecule has 3 heterocycles. The number of hydrogen-bond donors (Lipinski definition) is 0. The summed E-state index contributed by atoms with van der Waals surface area (Å²) in [5.74, 6) is 0. The summed E-state index contributed by atoms with van der Waals surface area (Å²) in [6, 6.07) is 6.10. The SMILES string of the molecule is Cc1cccc(CC2=CC3COCC(C2)N3C(=O)OC(C)(C)C)n1. The van der Waals surface area contributed by atoms with Crippen LogP contribution in [0.4, 0.5) is 4.79 Å². The number of aromatic nitrogens is 1. The summed E-state index contributed by atoms with van der Waals surface area (Å²) in [6.07, 6.45) is 3.55. The van der Waals surface area contributed by atoms with Crippen LogP contribution in [0.1, 0.15) is 38.6 Å². The van der Waals surface area contributed by atoms with Gasteiger partial charge in [0.2, 0.25) is 0 Å². The van der Waals surface area contributed by atoms with Gasteiger partial charge in [-0.2, -0.15) is 0 Å². The first-order valence-corrected chi connectivity index (χ1v) is 8.53. The van der Waals surface area contributed by atoms with Gasteiger partial charge in [-0.05, 0) is 46.2 Å². The van der Waals surface area contributed by atoms with E-state index in [1.807, 2.05) is 44.7 Å². The number of rotatable bonds is 2. The molecule has 0 aliphatic carbocycles. The Labute approximate surface area is 143 Å². The summed E-state index contributed by atoms with van der Waals surface area (Å²) in [7, 11) is 0. The molecular formula is C19H26N2O3. The second-order valence-corrected chi connectivity index (χ2v) is 7.62. The molecule has 1 amide bonds. The Balaban J connectivity index is 1.76. The largest absolute Gasteiger partial charge is 0.444 e. The monoisotopic (exact) mass is 330 g/mol. The van der Waals surface area contributed by atoms with E-state index < -0.39 is 5.60 Å². The van der Waals surface area contributed by atoms with Gasteiger partial charge in [-0.15, -0.1) is 0 Å². The summed E-state index contributed by atoms with van der Waals surface area (Å²) in [5.41, 5.74) is 2.95. The summed E-state index contributed by atoms with van der Waals surface area (Å²) in [6.45, 7) is 8.78. The van der Waals surface area contributed by atoms with E-state index in [0.717, 1.165) is 24.2 Å². The summed E-state index contributed by atoms with van der Waals surface area (Å²) in [5, 5.41) is 0. The summed E-state index contributed by atoms with van der Waals surface area (Å²) >= 11 is 0. The quantitative estimate of drug-likeness (QED) is 0.781. The van der Waals surface area contributed by atoms with Gasteiger partial charge in [0.1, 0.15) is 5.60 Å². The molecule has 2 unspecified atom stereocenters. The number of aryl methyl sites for hydroxylation is 1. The molecule has 0 saturated carbocycles. The van der Waals surface area contributed by atoms with Crippen LogP contribution in [0.3, 0.4) is 0 Å². The third-order valence-corrected chi connectivity index (χ3v) is 4.23. The van der Waals surface area contributed by atoms with Gasteiger partial charge in [-0.3, -0.25) is 9.88 Å². The van der Waals surface area contributed by atoms with Crippen LogP contribution in [0.2, 0.25) is 0 Å². The van der Waals surface area contributed by atoms with E-state index in [9.17, 15) is 4.79 Å². The van der Waals surface area contributed by atoms with Crippen molar-refractivity contribution in [2.24, 2.45) is 0 Å². The Morgan fingerprint density at radius 3 is 2.83 bits per heavy atom. The van der Waals surface area contributed by atoms with Crippen molar-refractivity contribution >= 4 is 6.09 Å². The van der Waals surface area contributed by atoms with Crippen molar-refractivity contribution in [1.82, 2.24) is 9.88 Å². The van der Waals surface area contributed by atoms with E-state index in [2.05, 4.69) is 17.1 Å². The highest BCUT2D eigenvalue weighted by Crippen LogP contribution is 2.30. The van der Waals surface area contributed by atoms with Crippen molar-refractivity contribution in [3.05, 3.63) is 41.2 Å². The van der Waals surface area contributed by atoms with Crippen molar-refractivity contribution in [2.75, 3.05) is 13.2 Å². The van der Waals surface area contributed by atoms with Crippen molar-refractivity contribution < 1.29 is 14.3 Å². The van der Waals surface area contributed by atoms with E-state index in [1.165, 1.54) is 5.57 Å². The molecule has 1 aromatic heterocycles. The molecule has 2 atom stereocenters. The molecule has 130 valence electrons. The second-order valence-electron chi connectivity index (χ2n) is 7.62. The van der Waals surface area contributed by atoms with E-state index >= 15 is 0 Å².